The third-order valence-corrected chi connectivity index (χ3v) is 3.69. The largest absolute Gasteiger partial charge is 0.480 e. The Hall–Kier alpha value is -2.21. The highest BCUT2D eigenvalue weighted by Crippen LogP contribution is 2.32. The molecule has 0 amide bonds. The van der Waals surface area contributed by atoms with Crippen molar-refractivity contribution in [2.45, 2.75) is 31.3 Å². The number of hydrogen-bond acceptors (Lipinski definition) is 5. The van der Waals surface area contributed by atoms with Gasteiger partial charge >= 0.3 is 5.97 Å². The number of aliphatic carboxylic acids is 1. The second-order valence-electron chi connectivity index (χ2n) is 4.98. The maximum Gasteiger partial charge on any atom is 0.323 e. The summed E-state index contributed by atoms with van der Waals surface area (Å²) in [6.07, 6.45) is 2.22. The molecular weight excluding hydrogens is 258 g/mol. The molecule has 3 rings (SSSR count). The molecule has 0 radical (unpaired) electrons. The monoisotopic (exact) mass is 273 g/mol. The molecule has 1 aromatic carbocycles. The van der Waals surface area contributed by atoms with Crippen LogP contribution in [0.25, 0.3) is 11.5 Å². The SMILES string of the molecule is O=C(O)C1(NCc2noc(-c3ccccc3)n2)CCC1. The average molecular weight is 273 g/mol. The van der Waals surface area contributed by atoms with Crippen molar-refractivity contribution in [2.24, 2.45) is 0 Å². The zero-order valence-electron chi connectivity index (χ0n) is 10.9. The molecule has 2 aromatic rings. The fourth-order valence-electron chi connectivity index (χ4n) is 2.27. The Kier molecular flexibility index (Phi) is 3.23. The number of aromatic nitrogens is 2. The van der Waals surface area contributed by atoms with E-state index in [-0.39, 0.29) is 0 Å². The molecule has 1 fully saturated rings. The molecule has 6 heteroatoms. The summed E-state index contributed by atoms with van der Waals surface area (Å²) in [4.78, 5) is 15.5. The van der Waals surface area contributed by atoms with E-state index in [0.717, 1.165) is 12.0 Å². The van der Waals surface area contributed by atoms with Gasteiger partial charge in [0.15, 0.2) is 5.82 Å². The fraction of sp³-hybridized carbons (Fsp3) is 0.357. The van der Waals surface area contributed by atoms with Crippen molar-refractivity contribution in [3.8, 4) is 11.5 Å². The molecule has 1 aliphatic carbocycles. The van der Waals surface area contributed by atoms with Crippen LogP contribution in [0.1, 0.15) is 25.1 Å². The number of benzene rings is 1. The molecule has 0 unspecified atom stereocenters. The van der Waals surface area contributed by atoms with E-state index in [0.29, 0.717) is 31.1 Å². The quantitative estimate of drug-likeness (QED) is 0.864. The van der Waals surface area contributed by atoms with E-state index in [4.69, 9.17) is 4.52 Å². The van der Waals surface area contributed by atoms with E-state index < -0.39 is 11.5 Å². The van der Waals surface area contributed by atoms with Crippen LogP contribution in [0.3, 0.4) is 0 Å². The summed E-state index contributed by atoms with van der Waals surface area (Å²) >= 11 is 0. The lowest BCUT2D eigenvalue weighted by Crippen LogP contribution is -2.56. The highest BCUT2D eigenvalue weighted by molar-refractivity contribution is 5.79. The van der Waals surface area contributed by atoms with Crippen molar-refractivity contribution in [3.05, 3.63) is 36.2 Å². The van der Waals surface area contributed by atoms with Gasteiger partial charge in [0.1, 0.15) is 5.54 Å². The van der Waals surface area contributed by atoms with Gasteiger partial charge in [0.05, 0.1) is 6.54 Å². The summed E-state index contributed by atoms with van der Waals surface area (Å²) in [5.74, 6) is 0.104. The number of carbonyl (C=O) groups is 1. The van der Waals surface area contributed by atoms with E-state index in [1.165, 1.54) is 0 Å². The summed E-state index contributed by atoms with van der Waals surface area (Å²) in [5.41, 5.74) is 0.0379. The van der Waals surface area contributed by atoms with Crippen LogP contribution in [-0.2, 0) is 11.3 Å². The summed E-state index contributed by atoms with van der Waals surface area (Å²) in [6.45, 7) is 0.294. The third kappa shape index (κ3) is 2.30. The first-order chi connectivity index (χ1) is 9.70. The van der Waals surface area contributed by atoms with Crippen LogP contribution in [0.5, 0.6) is 0 Å². The van der Waals surface area contributed by atoms with Gasteiger partial charge in [-0.05, 0) is 31.4 Å². The van der Waals surface area contributed by atoms with Crippen molar-refractivity contribution in [3.63, 3.8) is 0 Å². The summed E-state index contributed by atoms with van der Waals surface area (Å²) < 4.78 is 5.18. The first-order valence-corrected chi connectivity index (χ1v) is 6.56. The molecule has 1 heterocycles. The number of nitrogens with zero attached hydrogens (tertiary/aromatic N) is 2. The lowest BCUT2D eigenvalue weighted by Gasteiger charge is -2.38. The molecule has 0 spiro atoms. The van der Waals surface area contributed by atoms with Crippen molar-refractivity contribution >= 4 is 5.97 Å². The number of rotatable bonds is 5. The van der Waals surface area contributed by atoms with E-state index in [2.05, 4.69) is 15.5 Å². The smallest absolute Gasteiger partial charge is 0.323 e. The molecule has 0 aliphatic heterocycles. The molecule has 0 atom stereocenters. The van der Waals surface area contributed by atoms with Crippen LogP contribution in [0, 0.1) is 0 Å². The topological polar surface area (TPSA) is 88.2 Å². The second-order valence-corrected chi connectivity index (χ2v) is 4.98. The summed E-state index contributed by atoms with van der Waals surface area (Å²) in [6, 6.07) is 9.47. The van der Waals surface area contributed by atoms with Crippen molar-refractivity contribution in [1.82, 2.24) is 15.5 Å². The Morgan fingerprint density at radius 2 is 2.10 bits per heavy atom. The molecule has 6 nitrogen and oxygen atoms in total. The first kappa shape index (κ1) is 12.8. The van der Waals surface area contributed by atoms with E-state index in [9.17, 15) is 9.90 Å². The normalized spacial score (nSPS) is 16.6. The Bertz CT molecular complexity index is 605. The van der Waals surface area contributed by atoms with E-state index in [1.807, 2.05) is 30.3 Å². The van der Waals surface area contributed by atoms with Gasteiger partial charge in [0.2, 0.25) is 0 Å². The molecule has 104 valence electrons. The van der Waals surface area contributed by atoms with Crippen LogP contribution in [-0.4, -0.2) is 26.8 Å². The second kappa shape index (κ2) is 5.05. The highest BCUT2D eigenvalue weighted by atomic mass is 16.5. The summed E-state index contributed by atoms with van der Waals surface area (Å²) in [5, 5.41) is 16.1. The third-order valence-electron chi connectivity index (χ3n) is 3.69. The molecule has 2 N–H and O–H groups in total. The molecule has 20 heavy (non-hydrogen) atoms. The predicted molar refractivity (Wildman–Crippen MR) is 70.8 cm³/mol. The van der Waals surface area contributed by atoms with Crippen LogP contribution >= 0.6 is 0 Å². The number of hydrogen-bond donors (Lipinski definition) is 2. The van der Waals surface area contributed by atoms with E-state index >= 15 is 0 Å². The minimum atomic E-state index is -0.812. The van der Waals surface area contributed by atoms with Gasteiger partial charge < -0.3 is 9.63 Å². The molecule has 1 aromatic heterocycles. The Labute approximate surface area is 115 Å². The molecule has 1 aliphatic rings. The van der Waals surface area contributed by atoms with Crippen LogP contribution in [0.2, 0.25) is 0 Å². The van der Waals surface area contributed by atoms with Crippen molar-refractivity contribution in [1.29, 1.82) is 0 Å². The average Bonchev–Trinajstić information content (AvgIpc) is 2.87. The van der Waals surface area contributed by atoms with Gasteiger partial charge in [-0.3, -0.25) is 10.1 Å². The molecule has 0 saturated heterocycles. The number of carboxylic acids is 1. The minimum Gasteiger partial charge on any atom is -0.480 e. The molecular formula is C14H15N3O3. The van der Waals surface area contributed by atoms with Gasteiger partial charge in [-0.2, -0.15) is 4.98 Å². The minimum absolute atomic E-state index is 0.294. The van der Waals surface area contributed by atoms with Gasteiger partial charge in [-0.15, -0.1) is 0 Å². The Morgan fingerprint density at radius 1 is 1.35 bits per heavy atom. The molecule has 0 bridgehead atoms. The maximum atomic E-state index is 11.2. The van der Waals surface area contributed by atoms with Crippen LogP contribution < -0.4 is 5.32 Å². The van der Waals surface area contributed by atoms with Crippen molar-refractivity contribution < 1.29 is 14.4 Å². The zero-order chi connectivity index (χ0) is 14.0. The lowest BCUT2D eigenvalue weighted by molar-refractivity contribution is -0.148. The first-order valence-electron chi connectivity index (χ1n) is 6.56. The van der Waals surface area contributed by atoms with Gasteiger partial charge in [0, 0.05) is 5.56 Å². The number of nitrogens with one attached hydrogen (secondary N) is 1. The number of carboxylic acid groups (broad SMARTS) is 1. The lowest BCUT2D eigenvalue weighted by atomic mass is 9.77. The zero-order valence-corrected chi connectivity index (χ0v) is 10.9. The Morgan fingerprint density at radius 3 is 2.70 bits per heavy atom. The highest BCUT2D eigenvalue weighted by Gasteiger charge is 2.44. The molecule has 1 saturated carbocycles. The van der Waals surface area contributed by atoms with E-state index in [1.54, 1.807) is 0 Å². The predicted octanol–water partition coefficient (Wildman–Crippen LogP) is 1.83. The van der Waals surface area contributed by atoms with Crippen molar-refractivity contribution in [2.75, 3.05) is 0 Å². The summed E-state index contributed by atoms with van der Waals surface area (Å²) in [7, 11) is 0. The maximum absolute atomic E-state index is 11.2. The van der Waals surface area contributed by atoms with Gasteiger partial charge in [0.25, 0.3) is 5.89 Å². The fourth-order valence-corrected chi connectivity index (χ4v) is 2.27. The van der Waals surface area contributed by atoms with Crippen LogP contribution in [0.15, 0.2) is 34.9 Å². The Balaban J connectivity index is 1.68. The van der Waals surface area contributed by atoms with Crippen LogP contribution in [0.4, 0.5) is 0 Å². The van der Waals surface area contributed by atoms with Gasteiger partial charge in [-0.25, -0.2) is 0 Å². The standard InChI is InChI=1S/C14H15N3O3/c18-13(19)14(7-4-8-14)15-9-11-16-12(20-17-11)10-5-2-1-3-6-10/h1-3,5-6,15H,4,7-9H2,(H,18,19). The van der Waals surface area contributed by atoms with Gasteiger partial charge in [-0.1, -0.05) is 23.4 Å².